The molecule has 0 aliphatic heterocycles. The zero-order chi connectivity index (χ0) is 10.8. The van der Waals surface area contributed by atoms with Crippen LogP contribution >= 0.6 is 0 Å². The number of carboxylic acids is 1. The smallest absolute Gasteiger partial charge is 0.305 e. The van der Waals surface area contributed by atoms with Gasteiger partial charge in [0.15, 0.2) is 0 Å². The highest BCUT2D eigenvalue weighted by Gasteiger charge is 2.25. The van der Waals surface area contributed by atoms with Gasteiger partial charge in [0.1, 0.15) is 0 Å². The standard InChI is InChI=1S/C9H13N3O2/c1-9(11,3-8(13)14)6-2-7(10)5-12-4-6/h2,4-5H,3,10-11H2,1H3,(H,13,14). The van der Waals surface area contributed by atoms with E-state index in [0.717, 1.165) is 0 Å². The SMILES string of the molecule is CC(N)(CC(=O)O)c1cncc(N)c1. The number of nitrogens with two attached hydrogens (primary N) is 2. The summed E-state index contributed by atoms with van der Waals surface area (Å²) in [7, 11) is 0. The summed E-state index contributed by atoms with van der Waals surface area (Å²) in [6.07, 6.45) is 2.86. The maximum absolute atomic E-state index is 10.5. The number of aromatic nitrogens is 1. The number of nitrogens with zero attached hydrogens (tertiary/aromatic N) is 1. The summed E-state index contributed by atoms with van der Waals surface area (Å²) in [4.78, 5) is 14.4. The molecule has 5 heteroatoms. The molecule has 0 bridgehead atoms. The van der Waals surface area contributed by atoms with Crippen molar-refractivity contribution in [1.29, 1.82) is 0 Å². The lowest BCUT2D eigenvalue weighted by Crippen LogP contribution is -2.35. The molecule has 0 aromatic carbocycles. The second-order valence-electron chi connectivity index (χ2n) is 3.49. The first kappa shape index (κ1) is 10.5. The van der Waals surface area contributed by atoms with Gasteiger partial charge in [0.2, 0.25) is 0 Å². The number of rotatable bonds is 3. The Bertz CT molecular complexity index is 350. The lowest BCUT2D eigenvalue weighted by Gasteiger charge is -2.22. The fourth-order valence-corrected chi connectivity index (χ4v) is 1.19. The second-order valence-corrected chi connectivity index (χ2v) is 3.49. The molecule has 5 N–H and O–H groups in total. The molecule has 1 aromatic rings. The van der Waals surface area contributed by atoms with Crippen LogP contribution in [0.3, 0.4) is 0 Å². The van der Waals surface area contributed by atoms with E-state index in [1.54, 1.807) is 13.0 Å². The summed E-state index contributed by atoms with van der Waals surface area (Å²) < 4.78 is 0. The predicted octanol–water partition coefficient (Wildman–Crippen LogP) is 0.312. The van der Waals surface area contributed by atoms with Gasteiger partial charge in [-0.2, -0.15) is 0 Å². The van der Waals surface area contributed by atoms with Gasteiger partial charge in [-0.15, -0.1) is 0 Å². The van der Waals surface area contributed by atoms with E-state index in [-0.39, 0.29) is 6.42 Å². The van der Waals surface area contributed by atoms with Gasteiger partial charge in [-0.25, -0.2) is 0 Å². The summed E-state index contributed by atoms with van der Waals surface area (Å²) >= 11 is 0. The lowest BCUT2D eigenvalue weighted by molar-refractivity contribution is -0.138. The highest BCUT2D eigenvalue weighted by atomic mass is 16.4. The third-order valence-corrected chi connectivity index (χ3v) is 1.94. The van der Waals surface area contributed by atoms with Crippen LogP contribution in [0, 0.1) is 0 Å². The molecular weight excluding hydrogens is 182 g/mol. The van der Waals surface area contributed by atoms with E-state index < -0.39 is 11.5 Å². The summed E-state index contributed by atoms with van der Waals surface area (Å²) in [6.45, 7) is 1.64. The third kappa shape index (κ3) is 2.43. The topological polar surface area (TPSA) is 102 Å². The quantitative estimate of drug-likeness (QED) is 0.644. The average molecular weight is 195 g/mol. The van der Waals surface area contributed by atoms with Gasteiger partial charge in [-0.3, -0.25) is 9.78 Å². The van der Waals surface area contributed by atoms with Crippen molar-refractivity contribution >= 4 is 11.7 Å². The molecule has 76 valence electrons. The number of carbonyl (C=O) groups is 1. The number of hydrogen-bond acceptors (Lipinski definition) is 4. The van der Waals surface area contributed by atoms with Crippen LogP contribution in [0.2, 0.25) is 0 Å². The molecule has 0 radical (unpaired) electrons. The van der Waals surface area contributed by atoms with Gasteiger partial charge in [0, 0.05) is 12.4 Å². The minimum absolute atomic E-state index is 0.155. The van der Waals surface area contributed by atoms with Gasteiger partial charge in [0.25, 0.3) is 0 Å². The number of carboxylic acid groups (broad SMARTS) is 1. The third-order valence-electron chi connectivity index (χ3n) is 1.94. The fourth-order valence-electron chi connectivity index (χ4n) is 1.19. The molecule has 5 nitrogen and oxygen atoms in total. The van der Waals surface area contributed by atoms with Crippen LogP contribution in [0.1, 0.15) is 18.9 Å². The van der Waals surface area contributed by atoms with Crippen molar-refractivity contribution in [3.05, 3.63) is 24.0 Å². The highest BCUT2D eigenvalue weighted by Crippen LogP contribution is 2.22. The molecule has 0 aliphatic rings. The number of pyridine rings is 1. The zero-order valence-electron chi connectivity index (χ0n) is 7.90. The zero-order valence-corrected chi connectivity index (χ0v) is 7.90. The second kappa shape index (κ2) is 3.63. The molecule has 14 heavy (non-hydrogen) atoms. The van der Waals surface area contributed by atoms with E-state index in [1.165, 1.54) is 12.4 Å². The van der Waals surface area contributed by atoms with E-state index in [4.69, 9.17) is 16.6 Å². The van der Waals surface area contributed by atoms with Crippen LogP contribution in [-0.2, 0) is 10.3 Å². The number of aliphatic carboxylic acids is 1. The molecule has 1 aromatic heterocycles. The molecule has 0 aliphatic carbocycles. The first-order chi connectivity index (χ1) is 6.42. The molecular formula is C9H13N3O2. The van der Waals surface area contributed by atoms with Crippen molar-refractivity contribution in [3.8, 4) is 0 Å². The van der Waals surface area contributed by atoms with Crippen molar-refractivity contribution < 1.29 is 9.90 Å². The molecule has 1 atom stereocenters. The van der Waals surface area contributed by atoms with Crippen molar-refractivity contribution in [2.75, 3.05) is 5.73 Å². The Morgan fingerprint density at radius 2 is 2.29 bits per heavy atom. The Morgan fingerprint density at radius 3 is 2.79 bits per heavy atom. The Kier molecular flexibility index (Phi) is 2.71. The van der Waals surface area contributed by atoms with Crippen LogP contribution in [-0.4, -0.2) is 16.1 Å². The van der Waals surface area contributed by atoms with Crippen LogP contribution < -0.4 is 11.5 Å². The Balaban J connectivity index is 2.97. The highest BCUT2D eigenvalue weighted by molar-refractivity contribution is 5.68. The molecule has 0 spiro atoms. The van der Waals surface area contributed by atoms with Crippen LogP contribution in [0.25, 0.3) is 0 Å². The number of hydrogen-bond donors (Lipinski definition) is 3. The fraction of sp³-hybridized carbons (Fsp3) is 0.333. The van der Waals surface area contributed by atoms with Crippen molar-refractivity contribution in [3.63, 3.8) is 0 Å². The van der Waals surface area contributed by atoms with Crippen LogP contribution in [0.5, 0.6) is 0 Å². The first-order valence-corrected chi connectivity index (χ1v) is 4.13. The van der Waals surface area contributed by atoms with E-state index in [1.807, 2.05) is 0 Å². The monoisotopic (exact) mass is 195 g/mol. The van der Waals surface area contributed by atoms with Gasteiger partial charge < -0.3 is 16.6 Å². The van der Waals surface area contributed by atoms with Crippen LogP contribution in [0.15, 0.2) is 18.5 Å². The van der Waals surface area contributed by atoms with Gasteiger partial charge in [-0.05, 0) is 18.6 Å². The first-order valence-electron chi connectivity index (χ1n) is 4.13. The molecule has 0 amide bonds. The molecule has 1 rings (SSSR count). The molecule has 1 unspecified atom stereocenters. The van der Waals surface area contributed by atoms with E-state index >= 15 is 0 Å². The summed E-state index contributed by atoms with van der Waals surface area (Å²) in [6, 6.07) is 1.63. The summed E-state index contributed by atoms with van der Waals surface area (Å²) in [5, 5.41) is 8.65. The van der Waals surface area contributed by atoms with Gasteiger partial charge in [-0.1, -0.05) is 0 Å². The minimum atomic E-state index is -0.947. The van der Waals surface area contributed by atoms with Crippen LogP contribution in [0.4, 0.5) is 5.69 Å². The normalized spacial score (nSPS) is 14.7. The molecule has 0 saturated carbocycles. The van der Waals surface area contributed by atoms with Gasteiger partial charge >= 0.3 is 5.97 Å². The molecule has 1 heterocycles. The summed E-state index contributed by atoms with van der Waals surface area (Å²) in [5.41, 5.74) is 11.5. The van der Waals surface area contributed by atoms with Crippen molar-refractivity contribution in [2.24, 2.45) is 5.73 Å². The van der Waals surface area contributed by atoms with Crippen molar-refractivity contribution in [2.45, 2.75) is 18.9 Å². The largest absolute Gasteiger partial charge is 0.481 e. The number of anilines is 1. The lowest BCUT2D eigenvalue weighted by atomic mass is 9.91. The average Bonchev–Trinajstić information content (AvgIpc) is 2.01. The van der Waals surface area contributed by atoms with E-state index in [9.17, 15) is 4.79 Å². The Hall–Kier alpha value is -1.62. The predicted molar refractivity (Wildman–Crippen MR) is 52.4 cm³/mol. The van der Waals surface area contributed by atoms with Crippen molar-refractivity contribution in [1.82, 2.24) is 4.98 Å². The molecule has 0 fully saturated rings. The maximum atomic E-state index is 10.5. The van der Waals surface area contributed by atoms with E-state index in [2.05, 4.69) is 4.98 Å². The maximum Gasteiger partial charge on any atom is 0.305 e. The van der Waals surface area contributed by atoms with E-state index in [0.29, 0.717) is 11.3 Å². The number of nitrogen functional groups attached to an aromatic ring is 1. The van der Waals surface area contributed by atoms with Gasteiger partial charge in [0.05, 0.1) is 17.6 Å². The molecule has 0 saturated heterocycles. The minimum Gasteiger partial charge on any atom is -0.481 e. The summed E-state index contributed by atoms with van der Waals surface area (Å²) in [5.74, 6) is -0.947. The Labute approximate surface area is 81.7 Å². The Morgan fingerprint density at radius 1 is 1.64 bits per heavy atom.